The van der Waals surface area contributed by atoms with Gasteiger partial charge in [-0.2, -0.15) is 4.57 Å². The molecule has 0 fully saturated rings. The number of benzene rings is 2. The fraction of sp³-hybridized carbons (Fsp3) is 0.176. The molecular formula is C17H15BrN2O3. The summed E-state index contributed by atoms with van der Waals surface area (Å²) in [7, 11) is 0. The molecule has 0 saturated heterocycles. The van der Waals surface area contributed by atoms with Gasteiger partial charge in [-0.15, -0.1) is 0 Å². The molecule has 0 bridgehead atoms. The number of hydrogen-bond donors (Lipinski definition) is 0. The molecule has 0 saturated carbocycles. The number of fused-ring (bicyclic) bond motifs is 1. The van der Waals surface area contributed by atoms with E-state index >= 15 is 0 Å². The average Bonchev–Trinajstić information content (AvgIpc) is 2.80. The molecule has 2 aromatic carbocycles. The normalized spacial score (nSPS) is 10.9. The van der Waals surface area contributed by atoms with E-state index < -0.39 is 11.8 Å². The molecule has 3 rings (SSSR count). The predicted molar refractivity (Wildman–Crippen MR) is 91.9 cm³/mol. The van der Waals surface area contributed by atoms with E-state index in [4.69, 9.17) is 4.74 Å². The summed E-state index contributed by atoms with van der Waals surface area (Å²) in [6.07, 6.45) is -0.660. The van der Waals surface area contributed by atoms with Gasteiger partial charge in [-0.3, -0.25) is 4.57 Å². The molecule has 118 valence electrons. The van der Waals surface area contributed by atoms with Gasteiger partial charge in [-0.25, -0.2) is 9.59 Å². The van der Waals surface area contributed by atoms with Gasteiger partial charge in [0, 0.05) is 4.47 Å². The Morgan fingerprint density at radius 3 is 2.57 bits per heavy atom. The molecule has 0 amide bonds. The highest BCUT2D eigenvalue weighted by Gasteiger charge is 2.19. The fourth-order valence-electron chi connectivity index (χ4n) is 2.51. The van der Waals surface area contributed by atoms with Crippen LogP contribution in [0, 0.1) is 0 Å². The van der Waals surface area contributed by atoms with Crippen LogP contribution in [0.4, 0.5) is 4.79 Å². The minimum atomic E-state index is -0.660. The van der Waals surface area contributed by atoms with Crippen LogP contribution in [-0.4, -0.2) is 21.8 Å². The minimum Gasteiger partial charge on any atom is -0.449 e. The Labute approximate surface area is 141 Å². The minimum absolute atomic E-state index is 0.213. The van der Waals surface area contributed by atoms with Crippen molar-refractivity contribution in [3.05, 3.63) is 69.1 Å². The van der Waals surface area contributed by atoms with Crippen LogP contribution in [0.1, 0.15) is 12.5 Å². The lowest BCUT2D eigenvalue weighted by molar-refractivity contribution is 0.154. The van der Waals surface area contributed by atoms with Crippen molar-refractivity contribution in [1.29, 1.82) is 0 Å². The van der Waals surface area contributed by atoms with Crippen LogP contribution in [0.3, 0.4) is 0 Å². The molecule has 0 aliphatic heterocycles. The van der Waals surface area contributed by atoms with E-state index in [-0.39, 0.29) is 6.61 Å². The Kier molecular flexibility index (Phi) is 4.34. The summed E-state index contributed by atoms with van der Waals surface area (Å²) in [6.45, 7) is 2.32. The molecule has 0 unspecified atom stereocenters. The van der Waals surface area contributed by atoms with E-state index in [9.17, 15) is 9.59 Å². The molecule has 0 radical (unpaired) electrons. The van der Waals surface area contributed by atoms with Crippen LogP contribution in [-0.2, 0) is 11.3 Å². The summed E-state index contributed by atoms with van der Waals surface area (Å²) < 4.78 is 8.46. The van der Waals surface area contributed by atoms with E-state index in [1.807, 2.05) is 42.5 Å². The lowest BCUT2D eigenvalue weighted by atomic mass is 10.2. The first-order valence-corrected chi connectivity index (χ1v) is 8.03. The van der Waals surface area contributed by atoms with Gasteiger partial charge in [0.05, 0.1) is 24.2 Å². The third kappa shape index (κ3) is 2.94. The first-order valence-electron chi connectivity index (χ1n) is 7.23. The lowest BCUT2D eigenvalue weighted by Gasteiger charge is -2.03. The van der Waals surface area contributed by atoms with Crippen LogP contribution in [0.5, 0.6) is 0 Å². The molecule has 0 aliphatic rings. The quantitative estimate of drug-likeness (QED) is 0.703. The molecular weight excluding hydrogens is 360 g/mol. The standard InChI is InChI=1S/C17H15BrN2O3/c1-2-23-17(22)20-15-10-13(18)8-9-14(15)19(16(20)21)11-12-6-4-3-5-7-12/h3-10H,2,11H2,1H3. The summed E-state index contributed by atoms with van der Waals surface area (Å²) in [5.41, 5.74) is 1.80. The van der Waals surface area contributed by atoms with Crippen molar-refractivity contribution in [2.24, 2.45) is 0 Å². The largest absolute Gasteiger partial charge is 0.449 e. The monoisotopic (exact) mass is 374 g/mol. The van der Waals surface area contributed by atoms with Crippen LogP contribution in [0.25, 0.3) is 11.0 Å². The Bertz CT molecular complexity index is 913. The highest BCUT2D eigenvalue weighted by Crippen LogP contribution is 2.20. The third-order valence-electron chi connectivity index (χ3n) is 3.53. The fourth-order valence-corrected chi connectivity index (χ4v) is 2.86. The number of carbonyl (C=O) groups is 1. The summed E-state index contributed by atoms with van der Waals surface area (Å²) in [5, 5.41) is 0. The number of halogens is 1. The van der Waals surface area contributed by atoms with Gasteiger partial charge in [0.25, 0.3) is 0 Å². The third-order valence-corrected chi connectivity index (χ3v) is 4.02. The van der Waals surface area contributed by atoms with E-state index in [0.29, 0.717) is 17.6 Å². The maximum Gasteiger partial charge on any atom is 0.422 e. The zero-order valence-corrected chi connectivity index (χ0v) is 14.1. The van der Waals surface area contributed by atoms with Gasteiger partial charge in [0.2, 0.25) is 0 Å². The summed E-state index contributed by atoms with van der Waals surface area (Å²) in [6, 6.07) is 15.1. The van der Waals surface area contributed by atoms with Gasteiger partial charge in [0.1, 0.15) is 0 Å². The number of rotatable bonds is 3. The van der Waals surface area contributed by atoms with Gasteiger partial charge in [-0.05, 0) is 30.7 Å². The maximum absolute atomic E-state index is 12.7. The Morgan fingerprint density at radius 1 is 1.13 bits per heavy atom. The van der Waals surface area contributed by atoms with E-state index in [0.717, 1.165) is 14.6 Å². The van der Waals surface area contributed by atoms with Gasteiger partial charge in [-0.1, -0.05) is 46.3 Å². The number of hydrogen-bond acceptors (Lipinski definition) is 3. The topological polar surface area (TPSA) is 53.2 Å². The van der Waals surface area contributed by atoms with Crippen molar-refractivity contribution in [3.8, 4) is 0 Å². The molecule has 5 nitrogen and oxygen atoms in total. The molecule has 0 N–H and O–H groups in total. The Morgan fingerprint density at radius 2 is 1.87 bits per heavy atom. The molecule has 1 aromatic heterocycles. The van der Waals surface area contributed by atoms with Crippen molar-refractivity contribution in [2.45, 2.75) is 13.5 Å². The van der Waals surface area contributed by atoms with Crippen molar-refractivity contribution in [1.82, 2.24) is 9.13 Å². The average molecular weight is 375 g/mol. The maximum atomic E-state index is 12.7. The second-order valence-electron chi connectivity index (χ2n) is 5.02. The zero-order chi connectivity index (χ0) is 16.4. The molecule has 23 heavy (non-hydrogen) atoms. The van der Waals surface area contributed by atoms with Crippen LogP contribution in [0.2, 0.25) is 0 Å². The van der Waals surface area contributed by atoms with Crippen molar-refractivity contribution < 1.29 is 9.53 Å². The second kappa shape index (κ2) is 6.42. The van der Waals surface area contributed by atoms with Crippen LogP contribution in [0.15, 0.2) is 57.8 Å². The molecule has 1 heterocycles. The summed E-state index contributed by atoms with van der Waals surface area (Å²) in [5.74, 6) is 0. The second-order valence-corrected chi connectivity index (χ2v) is 5.94. The van der Waals surface area contributed by atoms with Crippen molar-refractivity contribution in [2.75, 3.05) is 6.61 Å². The molecule has 0 spiro atoms. The van der Waals surface area contributed by atoms with Crippen molar-refractivity contribution >= 4 is 33.1 Å². The zero-order valence-electron chi connectivity index (χ0n) is 12.5. The first-order chi connectivity index (χ1) is 11.1. The van der Waals surface area contributed by atoms with Crippen LogP contribution < -0.4 is 5.69 Å². The molecule has 0 aliphatic carbocycles. The number of carbonyl (C=O) groups excluding carboxylic acids is 1. The Hall–Kier alpha value is -2.34. The molecule has 3 aromatic rings. The lowest BCUT2D eigenvalue weighted by Crippen LogP contribution is -2.30. The summed E-state index contributed by atoms with van der Waals surface area (Å²) >= 11 is 3.38. The smallest absolute Gasteiger partial charge is 0.422 e. The molecule has 0 atom stereocenters. The van der Waals surface area contributed by atoms with Gasteiger partial charge < -0.3 is 4.74 Å². The Balaban J connectivity index is 2.20. The highest BCUT2D eigenvalue weighted by molar-refractivity contribution is 9.10. The SMILES string of the molecule is CCOC(=O)n1c(=O)n(Cc2ccccc2)c2ccc(Br)cc21. The number of nitrogens with zero attached hydrogens (tertiary/aromatic N) is 2. The molecule has 6 heteroatoms. The van der Waals surface area contributed by atoms with E-state index in [1.165, 1.54) is 0 Å². The first kappa shape index (κ1) is 15.6. The van der Waals surface area contributed by atoms with E-state index in [1.54, 1.807) is 17.6 Å². The number of aromatic nitrogens is 2. The van der Waals surface area contributed by atoms with Crippen LogP contribution >= 0.6 is 15.9 Å². The number of imidazole rings is 1. The van der Waals surface area contributed by atoms with E-state index in [2.05, 4.69) is 15.9 Å². The van der Waals surface area contributed by atoms with Gasteiger partial charge in [0.15, 0.2) is 0 Å². The predicted octanol–water partition coefficient (Wildman–Crippen LogP) is 3.62. The van der Waals surface area contributed by atoms with Gasteiger partial charge >= 0.3 is 11.8 Å². The number of ether oxygens (including phenoxy) is 1. The highest BCUT2D eigenvalue weighted by atomic mass is 79.9. The van der Waals surface area contributed by atoms with Crippen molar-refractivity contribution in [3.63, 3.8) is 0 Å². The summed E-state index contributed by atoms with van der Waals surface area (Å²) in [4.78, 5) is 24.9.